The highest BCUT2D eigenvalue weighted by Crippen LogP contribution is 2.39. The lowest BCUT2D eigenvalue weighted by Gasteiger charge is -2.22. The fraction of sp³-hybridized carbons (Fsp3) is 0.0833. The van der Waals surface area contributed by atoms with Crippen molar-refractivity contribution in [1.29, 1.82) is 0 Å². The Labute approximate surface area is 326 Å². The Morgan fingerprint density at radius 1 is 0.418 bits per heavy atom. The average molecular weight is 729 g/mol. The topological polar surface area (TPSA) is 53.0 Å². The van der Waals surface area contributed by atoms with Crippen molar-refractivity contribution in [1.82, 2.24) is 7.10 Å². The van der Waals surface area contributed by atoms with E-state index < -0.39 is 15.7 Å². The van der Waals surface area contributed by atoms with E-state index in [9.17, 15) is 0 Å². The summed E-state index contributed by atoms with van der Waals surface area (Å²) < 4.78 is 16.4. The number of rotatable bonds is 6. The predicted octanol–water partition coefficient (Wildman–Crippen LogP) is 7.55. The zero-order valence-electron chi connectivity index (χ0n) is 31.2. The summed E-state index contributed by atoms with van der Waals surface area (Å²) in [6.45, 7) is 4.27. The minimum atomic E-state index is -1.37. The van der Waals surface area contributed by atoms with E-state index in [-0.39, 0.29) is 0 Å². The molecule has 0 spiro atoms. The lowest BCUT2D eigenvalue weighted by molar-refractivity contribution is 0.414. The molecule has 10 rings (SSSR count). The van der Waals surface area contributed by atoms with Gasteiger partial charge in [0, 0.05) is 44.4 Å². The molecule has 4 aromatic carbocycles. The maximum Gasteiger partial charge on any atom is 0.558 e. The number of nitrogens with zero attached hydrogens (tertiary/aromatic N) is 4. The SMILES string of the molecule is COc1ccc(C2=C3C=CC(=N3)C(c3ccc(C)cc3)=c3ccc4[n]3[AlH][n]3c2ccc3C(c2ccc(C)cc2)=C2C=CC(=N2)C=4c2ccc(OC)cc2)cc1. The van der Waals surface area contributed by atoms with Crippen LogP contribution in [0.3, 0.4) is 0 Å². The molecule has 6 aromatic rings. The largest absolute Gasteiger partial charge is 0.558 e. The van der Waals surface area contributed by atoms with Crippen LogP contribution in [0.5, 0.6) is 11.5 Å². The zero-order chi connectivity index (χ0) is 37.2. The van der Waals surface area contributed by atoms with Crippen molar-refractivity contribution in [3.8, 4) is 11.5 Å². The quantitative estimate of drug-likeness (QED) is 0.167. The van der Waals surface area contributed by atoms with Crippen LogP contribution in [0.1, 0.15) is 44.8 Å². The predicted molar refractivity (Wildman–Crippen MR) is 225 cm³/mol. The zero-order valence-corrected chi connectivity index (χ0v) is 32.6. The molecule has 4 aliphatic rings. The molecular weight excluding hydrogens is 692 g/mol. The highest BCUT2D eigenvalue weighted by molar-refractivity contribution is 6.37. The molecule has 4 aliphatic heterocycles. The van der Waals surface area contributed by atoms with Gasteiger partial charge < -0.3 is 16.6 Å². The fourth-order valence-corrected chi connectivity index (χ4v) is 10.1. The van der Waals surface area contributed by atoms with Crippen molar-refractivity contribution in [2.24, 2.45) is 9.98 Å². The van der Waals surface area contributed by atoms with Gasteiger partial charge in [-0.1, -0.05) is 83.9 Å². The van der Waals surface area contributed by atoms with Gasteiger partial charge in [-0.05, 0) is 109 Å². The van der Waals surface area contributed by atoms with Gasteiger partial charge in [-0.15, -0.1) is 0 Å². The number of hydrogen-bond donors (Lipinski definition) is 0. The van der Waals surface area contributed by atoms with Crippen molar-refractivity contribution >= 4 is 49.4 Å². The molecule has 0 aliphatic carbocycles. The van der Waals surface area contributed by atoms with E-state index in [1.54, 1.807) is 14.2 Å². The number of ether oxygens (including phenoxy) is 2. The number of aromatic nitrogens is 2. The fourth-order valence-electron chi connectivity index (χ4n) is 8.20. The summed E-state index contributed by atoms with van der Waals surface area (Å²) in [4.78, 5) is 11.0. The third-order valence-electron chi connectivity index (χ3n) is 11.0. The van der Waals surface area contributed by atoms with Crippen LogP contribution in [0.2, 0.25) is 0 Å². The summed E-state index contributed by atoms with van der Waals surface area (Å²) in [5.74, 6) is 1.64. The third kappa shape index (κ3) is 5.55. The van der Waals surface area contributed by atoms with E-state index in [0.29, 0.717) is 0 Å². The van der Waals surface area contributed by atoms with Crippen LogP contribution in [-0.2, 0) is 0 Å². The van der Waals surface area contributed by atoms with Crippen molar-refractivity contribution < 1.29 is 9.47 Å². The first-order chi connectivity index (χ1) is 27.0. The van der Waals surface area contributed by atoms with Gasteiger partial charge in [0.1, 0.15) is 11.5 Å². The second-order valence-electron chi connectivity index (χ2n) is 14.3. The molecule has 264 valence electrons. The highest BCUT2D eigenvalue weighted by Gasteiger charge is 2.29. The number of hydrogen-bond acceptors (Lipinski definition) is 4. The molecule has 7 heteroatoms. The molecule has 0 unspecified atom stereocenters. The molecule has 0 amide bonds. The van der Waals surface area contributed by atoms with Gasteiger partial charge in [0.15, 0.2) is 0 Å². The van der Waals surface area contributed by atoms with Crippen molar-refractivity contribution in [2.45, 2.75) is 13.8 Å². The van der Waals surface area contributed by atoms with Crippen molar-refractivity contribution in [2.75, 3.05) is 14.2 Å². The van der Waals surface area contributed by atoms with E-state index in [2.05, 4.69) is 142 Å². The van der Waals surface area contributed by atoms with Crippen LogP contribution in [0.4, 0.5) is 0 Å². The normalized spacial score (nSPS) is 15.3. The van der Waals surface area contributed by atoms with Crippen LogP contribution in [0.15, 0.2) is 167 Å². The second-order valence-corrected chi connectivity index (χ2v) is 15.9. The Balaban J connectivity index is 1.39. The number of aryl methyl sites for hydroxylation is 2. The first-order valence-electron chi connectivity index (χ1n) is 18.6. The molecule has 0 saturated carbocycles. The van der Waals surface area contributed by atoms with Gasteiger partial charge in [0.05, 0.1) is 37.0 Å². The summed E-state index contributed by atoms with van der Waals surface area (Å²) in [5.41, 5.74) is 17.3. The molecular formula is C48H37AlN4O2. The Bertz CT molecular complexity index is 2880. The molecule has 2 aromatic heterocycles. The van der Waals surface area contributed by atoms with Crippen LogP contribution < -0.4 is 20.2 Å². The third-order valence-corrected chi connectivity index (χ3v) is 12.9. The minimum absolute atomic E-state index is 0.819. The van der Waals surface area contributed by atoms with Crippen molar-refractivity contribution in [3.05, 3.63) is 212 Å². The van der Waals surface area contributed by atoms with Gasteiger partial charge >= 0.3 is 15.7 Å². The monoisotopic (exact) mass is 728 g/mol. The molecule has 55 heavy (non-hydrogen) atoms. The van der Waals surface area contributed by atoms with Crippen LogP contribution in [0, 0.1) is 13.8 Å². The lowest BCUT2D eigenvalue weighted by Crippen LogP contribution is -2.40. The smallest absolute Gasteiger partial charge is 0.497 e. The van der Waals surface area contributed by atoms with E-state index >= 15 is 0 Å². The van der Waals surface area contributed by atoms with Crippen molar-refractivity contribution in [3.63, 3.8) is 0 Å². The molecule has 6 nitrogen and oxygen atoms in total. The van der Waals surface area contributed by atoms with E-state index in [1.165, 1.54) is 11.1 Å². The summed E-state index contributed by atoms with van der Waals surface area (Å²) in [6, 6.07) is 43.6. The standard InChI is InChI=1S/C48H36N4O2.Al.H/c1-29-5-9-31(10-6-29)45-37-21-25-41(49-37)47(33-13-17-35(53-3)18-14-33)43-27-23-39(51-43)46(32-11-7-30(2)8-12-32)40-24-28-44(52-40)48(42-26-22-38(45)50-42)34-15-19-36(54-4)20-16-34;;/h5-28H,1-4H3;;/q-2;+2;. The van der Waals surface area contributed by atoms with Gasteiger partial charge in [-0.25, -0.2) is 9.98 Å². The summed E-state index contributed by atoms with van der Waals surface area (Å²) in [7, 11) is 3.42. The maximum atomic E-state index is 5.60. The first kappa shape index (κ1) is 33.2. The van der Waals surface area contributed by atoms with E-state index in [1.807, 2.05) is 24.3 Å². The maximum absolute atomic E-state index is 5.60. The highest BCUT2D eigenvalue weighted by atomic mass is 27.1. The molecule has 0 radical (unpaired) electrons. The molecule has 0 atom stereocenters. The molecule has 0 saturated heterocycles. The molecule has 6 bridgehead atoms. The molecule has 0 fully saturated rings. The lowest BCUT2D eigenvalue weighted by atomic mass is 9.99. The Morgan fingerprint density at radius 2 is 0.800 bits per heavy atom. The number of benzene rings is 4. The summed E-state index contributed by atoms with van der Waals surface area (Å²) >= 11 is -1.37. The first-order valence-corrected chi connectivity index (χ1v) is 19.8. The van der Waals surface area contributed by atoms with Crippen LogP contribution in [-0.4, -0.2) is 48.4 Å². The minimum Gasteiger partial charge on any atom is -0.497 e. The Morgan fingerprint density at radius 3 is 1.20 bits per heavy atom. The van der Waals surface area contributed by atoms with E-state index in [0.717, 1.165) is 101 Å². The van der Waals surface area contributed by atoms with E-state index in [4.69, 9.17) is 19.5 Å². The number of aliphatic imine (C=N–C) groups is 2. The summed E-state index contributed by atoms with van der Waals surface area (Å²) in [6.07, 6.45) is 8.74. The number of fused-ring (bicyclic) bond motifs is 2. The average Bonchev–Trinajstić information content (AvgIpc) is 4.04. The molecule has 0 N–H and O–H groups in total. The van der Waals surface area contributed by atoms with Gasteiger partial charge in [0.25, 0.3) is 0 Å². The number of methoxy groups -OCH3 is 2. The Hall–Kier alpha value is -6.39. The van der Waals surface area contributed by atoms with Crippen LogP contribution >= 0.6 is 0 Å². The van der Waals surface area contributed by atoms with Gasteiger partial charge in [-0.2, -0.15) is 0 Å². The summed E-state index contributed by atoms with van der Waals surface area (Å²) in [5, 5.41) is 2.27. The van der Waals surface area contributed by atoms with Gasteiger partial charge in [0.2, 0.25) is 0 Å². The van der Waals surface area contributed by atoms with Crippen LogP contribution in [0.25, 0.3) is 22.3 Å². The molecule has 6 heterocycles. The Kier molecular flexibility index (Phi) is 7.95. The number of allylic oxidation sites excluding steroid dienone is 4. The van der Waals surface area contributed by atoms with Gasteiger partial charge in [-0.3, -0.25) is 0 Å². The second kappa shape index (κ2) is 13.2.